The molecule has 4 rings (SSSR count). The molecule has 2 aromatic rings. The normalized spacial score (nSPS) is 17.9. The standard InChI is InChI=1S/C21H26N4O2/c1-15-22-19-7-3-2-6-18(19)21(23-15)25-12-10-16(11-13-25)24-20(26)9-8-17-5-4-14-27-17/h4-5,8-9,14,16H,2-3,6-7,10-13H2,1H3,(H,24,26)/b9-8+. The molecule has 0 unspecified atom stereocenters. The Morgan fingerprint density at radius 1 is 1.26 bits per heavy atom. The van der Waals surface area contributed by atoms with E-state index >= 15 is 0 Å². The number of hydrogen-bond acceptors (Lipinski definition) is 5. The molecule has 2 aliphatic rings. The van der Waals surface area contributed by atoms with Crippen molar-refractivity contribution in [2.24, 2.45) is 0 Å². The van der Waals surface area contributed by atoms with Crippen LogP contribution in [0.25, 0.3) is 6.08 Å². The lowest BCUT2D eigenvalue weighted by atomic mass is 9.95. The van der Waals surface area contributed by atoms with Crippen molar-refractivity contribution >= 4 is 17.8 Å². The largest absolute Gasteiger partial charge is 0.465 e. The van der Waals surface area contributed by atoms with Crippen molar-refractivity contribution < 1.29 is 9.21 Å². The quantitative estimate of drug-likeness (QED) is 0.842. The number of hydrogen-bond donors (Lipinski definition) is 1. The molecule has 1 amide bonds. The Kier molecular flexibility index (Phi) is 5.23. The van der Waals surface area contributed by atoms with Gasteiger partial charge in [0.25, 0.3) is 0 Å². The molecular formula is C21H26N4O2. The Labute approximate surface area is 159 Å². The molecule has 3 heterocycles. The highest BCUT2D eigenvalue weighted by Gasteiger charge is 2.25. The number of piperidine rings is 1. The van der Waals surface area contributed by atoms with Crippen molar-refractivity contribution in [3.05, 3.63) is 47.3 Å². The Morgan fingerprint density at radius 2 is 2.07 bits per heavy atom. The Balaban J connectivity index is 1.35. The molecular weight excluding hydrogens is 340 g/mol. The molecule has 0 spiro atoms. The molecule has 0 aromatic carbocycles. The van der Waals surface area contributed by atoms with E-state index in [0.29, 0.717) is 5.76 Å². The van der Waals surface area contributed by atoms with Crippen LogP contribution >= 0.6 is 0 Å². The molecule has 0 radical (unpaired) electrons. The zero-order valence-electron chi connectivity index (χ0n) is 15.8. The van der Waals surface area contributed by atoms with Crippen LogP contribution in [0.15, 0.2) is 28.9 Å². The summed E-state index contributed by atoms with van der Waals surface area (Å²) in [6.45, 7) is 3.81. The van der Waals surface area contributed by atoms with Crippen molar-refractivity contribution in [1.29, 1.82) is 0 Å². The van der Waals surface area contributed by atoms with Crippen LogP contribution in [0.3, 0.4) is 0 Å². The van der Waals surface area contributed by atoms with E-state index in [-0.39, 0.29) is 11.9 Å². The molecule has 1 saturated heterocycles. The van der Waals surface area contributed by atoms with Crippen LogP contribution in [0, 0.1) is 6.92 Å². The first-order chi connectivity index (χ1) is 13.2. The minimum atomic E-state index is -0.0693. The third-order valence-corrected chi connectivity index (χ3v) is 5.36. The maximum Gasteiger partial charge on any atom is 0.244 e. The number of nitrogens with one attached hydrogen (secondary N) is 1. The van der Waals surface area contributed by atoms with Gasteiger partial charge in [-0.2, -0.15) is 0 Å². The summed E-state index contributed by atoms with van der Waals surface area (Å²) in [4.78, 5) is 23.9. The third-order valence-electron chi connectivity index (χ3n) is 5.36. The number of carbonyl (C=O) groups is 1. The summed E-state index contributed by atoms with van der Waals surface area (Å²) in [6.07, 6.45) is 11.3. The fourth-order valence-electron chi connectivity index (χ4n) is 3.99. The van der Waals surface area contributed by atoms with Gasteiger partial charge in [0.2, 0.25) is 5.91 Å². The van der Waals surface area contributed by atoms with E-state index in [1.807, 2.05) is 13.0 Å². The molecule has 1 aliphatic carbocycles. The van der Waals surface area contributed by atoms with Crippen LogP contribution in [0.2, 0.25) is 0 Å². The summed E-state index contributed by atoms with van der Waals surface area (Å²) < 4.78 is 5.21. The number of carbonyl (C=O) groups excluding carboxylic acids is 1. The maximum atomic E-state index is 12.1. The van der Waals surface area contributed by atoms with E-state index in [9.17, 15) is 4.79 Å². The predicted octanol–water partition coefficient (Wildman–Crippen LogP) is 3.06. The molecule has 2 aromatic heterocycles. The monoisotopic (exact) mass is 366 g/mol. The van der Waals surface area contributed by atoms with Gasteiger partial charge in [-0.25, -0.2) is 9.97 Å². The molecule has 27 heavy (non-hydrogen) atoms. The summed E-state index contributed by atoms with van der Waals surface area (Å²) in [6, 6.07) is 3.84. The van der Waals surface area contributed by atoms with Gasteiger partial charge < -0.3 is 14.6 Å². The summed E-state index contributed by atoms with van der Waals surface area (Å²) in [5.74, 6) is 2.60. The number of furan rings is 1. The van der Waals surface area contributed by atoms with Gasteiger partial charge in [0, 0.05) is 36.5 Å². The van der Waals surface area contributed by atoms with Gasteiger partial charge >= 0.3 is 0 Å². The fourth-order valence-corrected chi connectivity index (χ4v) is 3.99. The Hall–Kier alpha value is -2.63. The van der Waals surface area contributed by atoms with Gasteiger partial charge in [0.1, 0.15) is 17.4 Å². The van der Waals surface area contributed by atoms with E-state index in [1.165, 1.54) is 30.2 Å². The van der Waals surface area contributed by atoms with E-state index in [2.05, 4.69) is 15.2 Å². The first kappa shape index (κ1) is 17.8. The highest BCUT2D eigenvalue weighted by Crippen LogP contribution is 2.29. The lowest BCUT2D eigenvalue weighted by Crippen LogP contribution is -2.45. The molecule has 0 bridgehead atoms. The zero-order valence-corrected chi connectivity index (χ0v) is 15.8. The maximum absolute atomic E-state index is 12.1. The van der Waals surface area contributed by atoms with Crippen molar-refractivity contribution in [1.82, 2.24) is 15.3 Å². The lowest BCUT2D eigenvalue weighted by molar-refractivity contribution is -0.117. The molecule has 0 atom stereocenters. The Morgan fingerprint density at radius 3 is 2.85 bits per heavy atom. The van der Waals surface area contributed by atoms with E-state index in [1.54, 1.807) is 18.4 Å². The average molecular weight is 366 g/mol. The number of aromatic nitrogens is 2. The summed E-state index contributed by atoms with van der Waals surface area (Å²) in [7, 11) is 0. The van der Waals surface area contributed by atoms with Crippen LogP contribution in [0.1, 0.15) is 48.5 Å². The van der Waals surface area contributed by atoms with Crippen LogP contribution in [-0.2, 0) is 17.6 Å². The van der Waals surface area contributed by atoms with Crippen LogP contribution in [0.4, 0.5) is 5.82 Å². The van der Waals surface area contributed by atoms with Gasteiger partial charge in [0.15, 0.2) is 0 Å². The molecule has 1 aliphatic heterocycles. The average Bonchev–Trinajstić information content (AvgIpc) is 3.20. The second kappa shape index (κ2) is 7.94. The minimum absolute atomic E-state index is 0.0693. The number of rotatable bonds is 4. The first-order valence-electron chi connectivity index (χ1n) is 9.82. The SMILES string of the molecule is Cc1nc2c(c(N3CCC(NC(=O)/C=C/c4ccco4)CC3)n1)CCCC2. The smallest absolute Gasteiger partial charge is 0.244 e. The van der Waals surface area contributed by atoms with Gasteiger partial charge in [-0.15, -0.1) is 0 Å². The predicted molar refractivity (Wildman–Crippen MR) is 105 cm³/mol. The first-order valence-corrected chi connectivity index (χ1v) is 9.82. The molecule has 0 saturated carbocycles. The van der Waals surface area contributed by atoms with Gasteiger partial charge in [-0.05, 0) is 63.7 Å². The topological polar surface area (TPSA) is 71.3 Å². The van der Waals surface area contributed by atoms with Gasteiger partial charge in [-0.1, -0.05) is 0 Å². The van der Waals surface area contributed by atoms with Gasteiger partial charge in [0.05, 0.1) is 6.26 Å². The van der Waals surface area contributed by atoms with Gasteiger partial charge in [-0.3, -0.25) is 4.79 Å². The zero-order chi connectivity index (χ0) is 18.6. The van der Waals surface area contributed by atoms with Crippen LogP contribution in [-0.4, -0.2) is 35.0 Å². The van der Waals surface area contributed by atoms with Crippen molar-refractivity contribution in [3.8, 4) is 0 Å². The van der Waals surface area contributed by atoms with Crippen molar-refractivity contribution in [3.63, 3.8) is 0 Å². The number of amides is 1. The summed E-state index contributed by atoms with van der Waals surface area (Å²) >= 11 is 0. The molecule has 142 valence electrons. The molecule has 1 N–H and O–H groups in total. The van der Waals surface area contributed by atoms with Crippen LogP contribution in [0.5, 0.6) is 0 Å². The summed E-state index contributed by atoms with van der Waals surface area (Å²) in [5.41, 5.74) is 2.58. The van der Waals surface area contributed by atoms with E-state index in [0.717, 1.165) is 50.4 Å². The van der Waals surface area contributed by atoms with E-state index < -0.39 is 0 Å². The second-order valence-electron chi connectivity index (χ2n) is 7.35. The number of anilines is 1. The highest BCUT2D eigenvalue weighted by molar-refractivity contribution is 5.91. The second-order valence-corrected chi connectivity index (χ2v) is 7.35. The highest BCUT2D eigenvalue weighted by atomic mass is 16.3. The minimum Gasteiger partial charge on any atom is -0.465 e. The summed E-state index contributed by atoms with van der Waals surface area (Å²) in [5, 5.41) is 3.10. The van der Waals surface area contributed by atoms with Crippen LogP contribution < -0.4 is 10.2 Å². The fraction of sp³-hybridized carbons (Fsp3) is 0.476. The number of fused-ring (bicyclic) bond motifs is 1. The van der Waals surface area contributed by atoms with E-state index in [4.69, 9.17) is 9.40 Å². The Bertz CT molecular complexity index is 821. The van der Waals surface area contributed by atoms with Crippen molar-refractivity contribution in [2.45, 2.75) is 51.5 Å². The molecule has 6 heteroatoms. The number of aryl methyl sites for hydroxylation is 2. The molecule has 6 nitrogen and oxygen atoms in total. The third kappa shape index (κ3) is 4.21. The van der Waals surface area contributed by atoms with Crippen molar-refractivity contribution in [2.75, 3.05) is 18.0 Å². The number of nitrogens with zero attached hydrogens (tertiary/aromatic N) is 3. The molecule has 1 fully saturated rings. The lowest BCUT2D eigenvalue weighted by Gasteiger charge is -2.35.